The van der Waals surface area contributed by atoms with Crippen LogP contribution < -0.4 is 0 Å². The van der Waals surface area contributed by atoms with E-state index in [-0.39, 0.29) is 18.0 Å². The molecule has 0 spiro atoms. The number of benzene rings is 2. The molecule has 2 aliphatic heterocycles. The first kappa shape index (κ1) is 11.7. The molecule has 1 N–H and O–H groups in total. The molecule has 20 heavy (non-hydrogen) atoms. The third-order valence-electron chi connectivity index (χ3n) is 4.50. The van der Waals surface area contributed by atoms with Crippen molar-refractivity contribution >= 4 is 5.91 Å². The number of amides is 1. The average molecular weight is 265 g/mol. The molecule has 0 radical (unpaired) electrons. The lowest BCUT2D eigenvalue weighted by atomic mass is 9.85. The lowest BCUT2D eigenvalue weighted by Crippen LogP contribution is -2.44. The summed E-state index contributed by atoms with van der Waals surface area (Å²) >= 11 is 0. The zero-order chi connectivity index (χ0) is 13.9. The normalized spacial score (nSPS) is 27.0. The minimum atomic E-state index is -0.624. The summed E-state index contributed by atoms with van der Waals surface area (Å²) < 4.78 is 0. The third-order valence-corrected chi connectivity index (χ3v) is 4.50. The van der Waals surface area contributed by atoms with E-state index in [9.17, 15) is 9.90 Å². The molecule has 3 atom stereocenters. The lowest BCUT2D eigenvalue weighted by Gasteiger charge is -2.40. The van der Waals surface area contributed by atoms with Crippen LogP contribution in [0.25, 0.3) is 0 Å². The molecule has 3 heteroatoms. The van der Waals surface area contributed by atoms with Gasteiger partial charge in [0.2, 0.25) is 0 Å². The van der Waals surface area contributed by atoms with Gasteiger partial charge in [0.15, 0.2) is 0 Å². The van der Waals surface area contributed by atoms with Crippen molar-refractivity contribution in [3.8, 4) is 0 Å². The van der Waals surface area contributed by atoms with Crippen molar-refractivity contribution in [2.45, 2.75) is 25.1 Å². The van der Waals surface area contributed by atoms with E-state index in [1.165, 1.54) is 0 Å². The van der Waals surface area contributed by atoms with Crippen LogP contribution in [0.3, 0.4) is 0 Å². The Morgan fingerprint density at radius 3 is 2.30 bits per heavy atom. The van der Waals surface area contributed by atoms with E-state index in [0.717, 1.165) is 22.3 Å². The largest absolute Gasteiger partial charge is 0.386 e. The van der Waals surface area contributed by atoms with Crippen molar-refractivity contribution in [1.29, 1.82) is 0 Å². The van der Waals surface area contributed by atoms with E-state index in [1.54, 1.807) is 0 Å². The van der Waals surface area contributed by atoms with Crippen molar-refractivity contribution in [3.05, 3.63) is 70.8 Å². The molecule has 4 rings (SSSR count). The highest BCUT2D eigenvalue weighted by atomic mass is 16.3. The zero-order valence-corrected chi connectivity index (χ0v) is 11.2. The highest BCUT2D eigenvalue weighted by molar-refractivity contribution is 6.00. The van der Waals surface area contributed by atoms with Gasteiger partial charge in [0.05, 0.1) is 18.2 Å². The summed E-state index contributed by atoms with van der Waals surface area (Å²) in [5.41, 5.74) is 3.78. The van der Waals surface area contributed by atoms with Crippen LogP contribution in [-0.2, 0) is 0 Å². The van der Waals surface area contributed by atoms with Crippen molar-refractivity contribution in [2.75, 3.05) is 0 Å². The predicted octanol–water partition coefficient (Wildman–Crippen LogP) is 2.67. The number of aliphatic hydroxyl groups excluding tert-OH is 1. The highest BCUT2D eigenvalue weighted by Crippen LogP contribution is 2.47. The van der Waals surface area contributed by atoms with E-state index >= 15 is 0 Å². The van der Waals surface area contributed by atoms with Crippen LogP contribution in [0.15, 0.2) is 48.5 Å². The standard InChI is InChI=1S/C17H15NO2/c1-10-16(19)13-8-4-2-6-11(13)15-12-7-3-5-9-14(12)17(20)18(10)15/h2-10,15-16,19H,1H3/t10-,15?,16-/m1/s1. The number of hydrogen-bond acceptors (Lipinski definition) is 2. The van der Waals surface area contributed by atoms with Gasteiger partial charge in [-0.2, -0.15) is 0 Å². The van der Waals surface area contributed by atoms with Gasteiger partial charge in [-0.1, -0.05) is 42.5 Å². The van der Waals surface area contributed by atoms with Crippen molar-refractivity contribution in [3.63, 3.8) is 0 Å². The fourth-order valence-corrected chi connectivity index (χ4v) is 3.52. The van der Waals surface area contributed by atoms with Crippen molar-refractivity contribution < 1.29 is 9.90 Å². The number of nitrogens with zero attached hydrogens (tertiary/aromatic N) is 1. The van der Waals surface area contributed by atoms with E-state index in [1.807, 2.05) is 60.4 Å². The summed E-state index contributed by atoms with van der Waals surface area (Å²) in [6, 6.07) is 15.3. The van der Waals surface area contributed by atoms with Gasteiger partial charge in [0, 0.05) is 5.56 Å². The molecule has 2 aliphatic rings. The quantitative estimate of drug-likeness (QED) is 0.795. The number of fused-ring (bicyclic) bond motifs is 5. The Labute approximate surface area is 117 Å². The average Bonchev–Trinajstić information content (AvgIpc) is 2.79. The first-order valence-corrected chi connectivity index (χ1v) is 6.88. The Balaban J connectivity index is 2.01. The summed E-state index contributed by atoms with van der Waals surface area (Å²) in [4.78, 5) is 14.4. The van der Waals surface area contributed by atoms with Gasteiger partial charge >= 0.3 is 0 Å². The Bertz CT molecular complexity index is 710. The number of carbonyl (C=O) groups excluding carboxylic acids is 1. The molecular formula is C17H15NO2. The van der Waals surface area contributed by atoms with Gasteiger partial charge in [-0.3, -0.25) is 4.79 Å². The Morgan fingerprint density at radius 1 is 0.950 bits per heavy atom. The molecule has 0 bridgehead atoms. The fourth-order valence-electron chi connectivity index (χ4n) is 3.52. The van der Waals surface area contributed by atoms with Gasteiger partial charge in [-0.05, 0) is 29.7 Å². The number of rotatable bonds is 0. The van der Waals surface area contributed by atoms with Crippen LogP contribution in [0.5, 0.6) is 0 Å². The summed E-state index contributed by atoms with van der Waals surface area (Å²) in [5, 5.41) is 10.5. The van der Waals surface area contributed by atoms with Gasteiger partial charge < -0.3 is 10.0 Å². The van der Waals surface area contributed by atoms with E-state index < -0.39 is 6.10 Å². The molecule has 0 aromatic heterocycles. The van der Waals surface area contributed by atoms with Gasteiger partial charge in [0.1, 0.15) is 0 Å². The van der Waals surface area contributed by atoms with Crippen LogP contribution in [0.2, 0.25) is 0 Å². The molecule has 0 fully saturated rings. The second-order valence-electron chi connectivity index (χ2n) is 5.52. The number of hydrogen-bond donors (Lipinski definition) is 1. The Kier molecular flexibility index (Phi) is 2.30. The maximum atomic E-state index is 12.6. The highest BCUT2D eigenvalue weighted by Gasteiger charge is 2.46. The maximum absolute atomic E-state index is 12.6. The SMILES string of the molecule is C[C@@H]1[C@@H](O)c2ccccc2C2c3ccccc3C(=O)N21. The number of aliphatic hydroxyl groups is 1. The smallest absolute Gasteiger partial charge is 0.255 e. The molecule has 2 heterocycles. The van der Waals surface area contributed by atoms with Crippen molar-refractivity contribution in [1.82, 2.24) is 4.90 Å². The van der Waals surface area contributed by atoms with Gasteiger partial charge in [0.25, 0.3) is 5.91 Å². The van der Waals surface area contributed by atoms with Crippen LogP contribution in [0.4, 0.5) is 0 Å². The topological polar surface area (TPSA) is 40.5 Å². The van der Waals surface area contributed by atoms with Crippen LogP contribution in [0.1, 0.15) is 46.1 Å². The minimum absolute atomic E-state index is 0.0200. The van der Waals surface area contributed by atoms with Gasteiger partial charge in [-0.15, -0.1) is 0 Å². The molecule has 0 saturated carbocycles. The monoisotopic (exact) mass is 265 g/mol. The molecule has 3 nitrogen and oxygen atoms in total. The van der Waals surface area contributed by atoms with Crippen LogP contribution in [-0.4, -0.2) is 22.0 Å². The summed E-state index contributed by atoms with van der Waals surface area (Å²) in [6.45, 7) is 1.91. The molecule has 2 aromatic carbocycles. The lowest BCUT2D eigenvalue weighted by molar-refractivity contribution is 0.0258. The molecule has 100 valence electrons. The summed E-state index contributed by atoms with van der Waals surface area (Å²) in [6.07, 6.45) is -0.624. The summed E-state index contributed by atoms with van der Waals surface area (Å²) in [5.74, 6) is 0.0200. The minimum Gasteiger partial charge on any atom is -0.386 e. The maximum Gasteiger partial charge on any atom is 0.255 e. The molecule has 1 amide bonds. The molecule has 0 saturated heterocycles. The molecule has 1 unspecified atom stereocenters. The Morgan fingerprint density at radius 2 is 1.55 bits per heavy atom. The molecule has 0 aliphatic carbocycles. The van der Waals surface area contributed by atoms with Crippen LogP contribution in [0, 0.1) is 0 Å². The third kappa shape index (κ3) is 1.30. The van der Waals surface area contributed by atoms with Crippen molar-refractivity contribution in [2.24, 2.45) is 0 Å². The van der Waals surface area contributed by atoms with E-state index in [0.29, 0.717) is 0 Å². The summed E-state index contributed by atoms with van der Waals surface area (Å²) in [7, 11) is 0. The van der Waals surface area contributed by atoms with Crippen LogP contribution >= 0.6 is 0 Å². The first-order chi connectivity index (χ1) is 9.70. The predicted molar refractivity (Wildman–Crippen MR) is 75.3 cm³/mol. The zero-order valence-electron chi connectivity index (χ0n) is 11.2. The second-order valence-corrected chi connectivity index (χ2v) is 5.52. The molecular weight excluding hydrogens is 250 g/mol. The molecule has 2 aromatic rings. The fraction of sp³-hybridized carbons (Fsp3) is 0.235. The second kappa shape index (κ2) is 3.93. The Hall–Kier alpha value is -2.13. The first-order valence-electron chi connectivity index (χ1n) is 6.88. The van der Waals surface area contributed by atoms with E-state index in [2.05, 4.69) is 0 Å². The van der Waals surface area contributed by atoms with Gasteiger partial charge in [-0.25, -0.2) is 0 Å². The number of carbonyl (C=O) groups is 1. The van der Waals surface area contributed by atoms with E-state index in [4.69, 9.17) is 0 Å².